The second-order valence-corrected chi connectivity index (χ2v) is 11.4. The van der Waals surface area contributed by atoms with Gasteiger partial charge in [0.2, 0.25) is 5.91 Å². The lowest BCUT2D eigenvalue weighted by Crippen LogP contribution is -2.64. The minimum absolute atomic E-state index is 0.129. The SMILES string of the molecule is N#CC1CCCN1C(=O)CNC12CC3CC(CC(CN4Cc5ccccc5C4)(C3)C1)C2. The molecule has 4 saturated carbocycles. The summed E-state index contributed by atoms with van der Waals surface area (Å²) in [4.78, 5) is 17.4. The number of carbonyl (C=O) groups excluding carboxylic acids is 1. The van der Waals surface area contributed by atoms with Crippen molar-refractivity contribution in [1.82, 2.24) is 15.1 Å². The predicted octanol–water partition coefficient (Wildman–Crippen LogP) is 3.45. The Hall–Kier alpha value is -1.90. The van der Waals surface area contributed by atoms with Crippen LogP contribution < -0.4 is 5.32 Å². The fraction of sp³-hybridized carbons (Fsp3) is 0.692. The van der Waals surface area contributed by atoms with Gasteiger partial charge in [-0.1, -0.05) is 24.3 Å². The molecule has 2 heterocycles. The number of hydrogen-bond donors (Lipinski definition) is 1. The number of hydrogen-bond acceptors (Lipinski definition) is 4. The number of likely N-dealkylation sites (tertiary alicyclic amines) is 1. The minimum atomic E-state index is -0.214. The van der Waals surface area contributed by atoms with E-state index < -0.39 is 0 Å². The van der Waals surface area contributed by atoms with Crippen molar-refractivity contribution in [3.63, 3.8) is 0 Å². The van der Waals surface area contributed by atoms with Gasteiger partial charge in [-0.05, 0) is 79.7 Å². The maximum Gasteiger partial charge on any atom is 0.237 e. The van der Waals surface area contributed by atoms with Crippen molar-refractivity contribution in [3.8, 4) is 6.07 Å². The Morgan fingerprint density at radius 3 is 2.52 bits per heavy atom. The first kappa shape index (κ1) is 19.8. The summed E-state index contributed by atoms with van der Waals surface area (Å²) in [5.74, 6) is 1.75. The average molecular weight is 419 g/mol. The van der Waals surface area contributed by atoms with Gasteiger partial charge in [-0.3, -0.25) is 9.69 Å². The summed E-state index contributed by atoms with van der Waals surface area (Å²) in [7, 11) is 0. The lowest BCUT2D eigenvalue weighted by atomic mass is 9.46. The van der Waals surface area contributed by atoms with E-state index in [4.69, 9.17) is 0 Å². The van der Waals surface area contributed by atoms with Gasteiger partial charge in [-0.15, -0.1) is 0 Å². The molecule has 5 fully saturated rings. The average Bonchev–Trinajstić information content (AvgIpc) is 3.36. The fourth-order valence-corrected chi connectivity index (χ4v) is 8.40. The van der Waals surface area contributed by atoms with E-state index in [1.54, 1.807) is 0 Å². The smallest absolute Gasteiger partial charge is 0.237 e. The van der Waals surface area contributed by atoms with Crippen LogP contribution in [0.3, 0.4) is 0 Å². The summed E-state index contributed by atoms with van der Waals surface area (Å²) in [6.45, 7) is 4.54. The third kappa shape index (κ3) is 3.49. The van der Waals surface area contributed by atoms with E-state index in [0.29, 0.717) is 12.0 Å². The number of rotatable bonds is 5. The van der Waals surface area contributed by atoms with Crippen LogP contribution in [0.4, 0.5) is 0 Å². The number of amides is 1. The van der Waals surface area contributed by atoms with E-state index >= 15 is 0 Å². The number of carbonyl (C=O) groups is 1. The van der Waals surface area contributed by atoms with Crippen LogP contribution in [0, 0.1) is 28.6 Å². The van der Waals surface area contributed by atoms with Gasteiger partial charge in [0.05, 0.1) is 12.6 Å². The summed E-state index contributed by atoms with van der Waals surface area (Å²) in [5, 5.41) is 13.1. The van der Waals surface area contributed by atoms with Gasteiger partial charge in [0.1, 0.15) is 6.04 Å². The molecule has 3 unspecified atom stereocenters. The van der Waals surface area contributed by atoms with Crippen molar-refractivity contribution >= 4 is 5.91 Å². The number of nitriles is 1. The molecule has 1 N–H and O–H groups in total. The third-order valence-electron chi connectivity index (χ3n) is 8.98. The molecule has 7 rings (SSSR count). The molecule has 6 aliphatic rings. The predicted molar refractivity (Wildman–Crippen MR) is 119 cm³/mol. The Labute approximate surface area is 185 Å². The van der Waals surface area contributed by atoms with Crippen LogP contribution in [0.1, 0.15) is 62.5 Å². The van der Waals surface area contributed by atoms with Crippen LogP contribution in [0.25, 0.3) is 0 Å². The van der Waals surface area contributed by atoms with E-state index in [2.05, 4.69) is 40.6 Å². The second kappa shape index (κ2) is 7.32. The molecule has 164 valence electrons. The summed E-state index contributed by atoms with van der Waals surface area (Å²) >= 11 is 0. The molecule has 5 nitrogen and oxygen atoms in total. The Morgan fingerprint density at radius 1 is 1.13 bits per heavy atom. The number of nitrogens with one attached hydrogen (secondary N) is 1. The summed E-state index contributed by atoms with van der Waals surface area (Å²) < 4.78 is 0. The van der Waals surface area contributed by atoms with E-state index in [1.165, 1.54) is 56.2 Å². The number of fused-ring (bicyclic) bond motifs is 1. The second-order valence-electron chi connectivity index (χ2n) is 11.4. The highest BCUT2D eigenvalue weighted by atomic mass is 16.2. The summed E-state index contributed by atoms with van der Waals surface area (Å²) in [6, 6.07) is 11.0. The molecule has 31 heavy (non-hydrogen) atoms. The number of nitrogens with zero attached hydrogens (tertiary/aromatic N) is 3. The van der Waals surface area contributed by atoms with Crippen molar-refractivity contribution in [3.05, 3.63) is 35.4 Å². The first-order chi connectivity index (χ1) is 15.1. The van der Waals surface area contributed by atoms with Crippen molar-refractivity contribution in [2.75, 3.05) is 19.6 Å². The van der Waals surface area contributed by atoms with Gasteiger partial charge in [0.15, 0.2) is 0 Å². The first-order valence-corrected chi connectivity index (χ1v) is 12.3. The molecule has 0 aromatic heterocycles. The molecule has 4 aliphatic carbocycles. The van der Waals surface area contributed by atoms with Crippen LogP contribution >= 0.6 is 0 Å². The Balaban J connectivity index is 1.15. The molecule has 4 bridgehead atoms. The Kier molecular flexibility index (Phi) is 4.67. The molecular formula is C26H34N4O. The van der Waals surface area contributed by atoms with E-state index in [1.807, 2.05) is 4.90 Å². The number of benzene rings is 1. The van der Waals surface area contributed by atoms with Crippen LogP contribution in [-0.4, -0.2) is 46.9 Å². The quantitative estimate of drug-likeness (QED) is 0.796. The highest BCUT2D eigenvalue weighted by Gasteiger charge is 2.58. The normalized spacial score (nSPS) is 38.4. The molecule has 0 radical (unpaired) electrons. The zero-order valence-corrected chi connectivity index (χ0v) is 18.5. The van der Waals surface area contributed by atoms with Gasteiger partial charge in [-0.2, -0.15) is 5.26 Å². The molecule has 5 heteroatoms. The summed E-state index contributed by atoms with van der Waals surface area (Å²) in [5.41, 5.74) is 3.55. The van der Waals surface area contributed by atoms with Crippen molar-refractivity contribution < 1.29 is 4.79 Å². The van der Waals surface area contributed by atoms with Gasteiger partial charge < -0.3 is 10.2 Å². The molecule has 0 spiro atoms. The highest BCUT2D eigenvalue weighted by Crippen LogP contribution is 2.62. The van der Waals surface area contributed by atoms with Gasteiger partial charge in [0, 0.05) is 31.7 Å². The molecular weight excluding hydrogens is 384 g/mol. The van der Waals surface area contributed by atoms with E-state index in [0.717, 1.165) is 44.3 Å². The standard InChI is InChI=1S/C26H34N4O/c27-13-23-6-3-7-30(23)24(31)14-28-26-11-19-8-20(12-26)10-25(9-19,17-26)18-29-15-21-4-1-2-5-22(21)16-29/h1-2,4-5,19-20,23,28H,3,6-12,14-18H2. The highest BCUT2D eigenvalue weighted by molar-refractivity contribution is 5.79. The van der Waals surface area contributed by atoms with Gasteiger partial charge in [-0.25, -0.2) is 0 Å². The fourth-order valence-electron chi connectivity index (χ4n) is 8.40. The van der Waals surface area contributed by atoms with Crippen molar-refractivity contribution in [2.45, 2.75) is 76.0 Å². The van der Waals surface area contributed by atoms with Crippen LogP contribution in [0.5, 0.6) is 0 Å². The first-order valence-electron chi connectivity index (χ1n) is 12.3. The Morgan fingerprint density at radius 2 is 1.84 bits per heavy atom. The minimum Gasteiger partial charge on any atom is -0.326 e. The maximum absolute atomic E-state index is 12.9. The van der Waals surface area contributed by atoms with Gasteiger partial charge in [0.25, 0.3) is 0 Å². The zero-order chi connectivity index (χ0) is 21.1. The molecule has 1 aromatic carbocycles. The third-order valence-corrected chi connectivity index (χ3v) is 8.98. The largest absolute Gasteiger partial charge is 0.326 e. The van der Waals surface area contributed by atoms with Crippen molar-refractivity contribution in [2.24, 2.45) is 17.3 Å². The molecule has 2 aliphatic heterocycles. The van der Waals surface area contributed by atoms with Gasteiger partial charge >= 0.3 is 0 Å². The molecule has 1 saturated heterocycles. The summed E-state index contributed by atoms with van der Waals surface area (Å²) in [6.07, 6.45) is 9.61. The monoisotopic (exact) mass is 418 g/mol. The Bertz CT molecular complexity index is 881. The van der Waals surface area contributed by atoms with E-state index in [-0.39, 0.29) is 17.5 Å². The topological polar surface area (TPSA) is 59.4 Å². The van der Waals surface area contributed by atoms with Crippen LogP contribution in [-0.2, 0) is 17.9 Å². The van der Waals surface area contributed by atoms with Crippen LogP contribution in [0.2, 0.25) is 0 Å². The zero-order valence-electron chi connectivity index (χ0n) is 18.5. The maximum atomic E-state index is 12.9. The lowest BCUT2D eigenvalue weighted by Gasteiger charge is -2.63. The molecule has 3 atom stereocenters. The lowest BCUT2D eigenvalue weighted by molar-refractivity contribution is -0.133. The van der Waals surface area contributed by atoms with E-state index in [9.17, 15) is 10.1 Å². The molecule has 1 amide bonds. The molecule has 1 aromatic rings. The van der Waals surface area contributed by atoms with Crippen molar-refractivity contribution in [1.29, 1.82) is 5.26 Å². The van der Waals surface area contributed by atoms with Crippen LogP contribution in [0.15, 0.2) is 24.3 Å².